The van der Waals surface area contributed by atoms with E-state index in [2.05, 4.69) is 46.7 Å². The summed E-state index contributed by atoms with van der Waals surface area (Å²) in [5.74, 6) is 1.08. The maximum atomic E-state index is 4.67. The van der Waals surface area contributed by atoms with Crippen LogP contribution in [0.5, 0.6) is 0 Å². The number of aryl methyl sites for hydroxylation is 1. The highest BCUT2D eigenvalue weighted by molar-refractivity contribution is 5.90. The minimum absolute atomic E-state index is 0.917. The first-order valence-electron chi connectivity index (χ1n) is 6.31. The van der Waals surface area contributed by atoms with Crippen molar-refractivity contribution in [1.82, 2.24) is 9.55 Å². The van der Waals surface area contributed by atoms with Crippen molar-refractivity contribution in [3.63, 3.8) is 0 Å². The van der Waals surface area contributed by atoms with Crippen molar-refractivity contribution in [2.24, 2.45) is 4.99 Å². The molecule has 3 heterocycles. The van der Waals surface area contributed by atoms with Crippen molar-refractivity contribution in [3.05, 3.63) is 24.0 Å². The predicted octanol–water partition coefficient (Wildman–Crippen LogP) is 3.44. The summed E-state index contributed by atoms with van der Waals surface area (Å²) in [5, 5.41) is 0. The van der Waals surface area contributed by atoms with Crippen LogP contribution in [0.4, 0.5) is 5.82 Å². The smallest absolute Gasteiger partial charge is 0.142 e. The van der Waals surface area contributed by atoms with E-state index < -0.39 is 0 Å². The Morgan fingerprint density at radius 3 is 3.12 bits per heavy atom. The quantitative estimate of drug-likeness (QED) is 0.790. The van der Waals surface area contributed by atoms with Crippen LogP contribution in [0, 0.1) is 0 Å². The molecule has 3 heteroatoms. The first kappa shape index (κ1) is 10.5. The normalized spacial score (nSPS) is 14.1. The summed E-state index contributed by atoms with van der Waals surface area (Å²) in [7, 11) is 0. The number of nitrogens with zero attached hydrogens (tertiary/aromatic N) is 3. The molecule has 0 aromatic carbocycles. The molecule has 0 aliphatic carbocycles. The van der Waals surface area contributed by atoms with Gasteiger partial charge in [-0.15, -0.1) is 0 Å². The number of aromatic nitrogens is 2. The van der Waals surface area contributed by atoms with Gasteiger partial charge in [-0.1, -0.05) is 13.3 Å². The number of hydrogen-bond donors (Lipinski definition) is 0. The Hall–Kier alpha value is -1.64. The lowest BCUT2D eigenvalue weighted by Gasteiger charge is -2.05. The maximum Gasteiger partial charge on any atom is 0.142 e. The van der Waals surface area contributed by atoms with Crippen LogP contribution >= 0.6 is 0 Å². The van der Waals surface area contributed by atoms with Crippen molar-refractivity contribution >= 4 is 11.5 Å². The summed E-state index contributed by atoms with van der Waals surface area (Å²) in [6, 6.07) is 4.31. The Morgan fingerprint density at radius 1 is 1.41 bits per heavy atom. The molecule has 3 aliphatic heterocycles. The molecule has 0 aromatic rings. The van der Waals surface area contributed by atoms with Crippen molar-refractivity contribution < 1.29 is 0 Å². The zero-order chi connectivity index (χ0) is 11.8. The van der Waals surface area contributed by atoms with Gasteiger partial charge in [0.25, 0.3) is 0 Å². The average molecular weight is 227 g/mol. The highest BCUT2D eigenvalue weighted by Gasteiger charge is 2.19. The summed E-state index contributed by atoms with van der Waals surface area (Å²) in [6.07, 6.45) is 5.59. The van der Waals surface area contributed by atoms with Crippen LogP contribution in [0.3, 0.4) is 0 Å². The summed E-state index contributed by atoms with van der Waals surface area (Å²) in [6.45, 7) is 5.21. The van der Waals surface area contributed by atoms with Crippen molar-refractivity contribution in [2.45, 2.75) is 39.7 Å². The lowest BCUT2D eigenvalue weighted by atomic mass is 10.1. The van der Waals surface area contributed by atoms with Gasteiger partial charge in [-0.3, -0.25) is 4.98 Å². The number of rotatable bonds is 3. The lowest BCUT2D eigenvalue weighted by molar-refractivity contribution is 0.782. The molecular weight excluding hydrogens is 210 g/mol. The maximum absolute atomic E-state index is 4.67. The fraction of sp³-hybridized carbons (Fsp3) is 0.429. The zero-order valence-electron chi connectivity index (χ0n) is 10.4. The van der Waals surface area contributed by atoms with Gasteiger partial charge in [0, 0.05) is 23.2 Å². The first-order chi connectivity index (χ1) is 8.28. The summed E-state index contributed by atoms with van der Waals surface area (Å²) >= 11 is 0. The number of hydrogen-bond acceptors (Lipinski definition) is 2. The third-order valence-electron chi connectivity index (χ3n) is 3.26. The van der Waals surface area contributed by atoms with E-state index in [1.807, 2.05) is 0 Å². The second kappa shape index (κ2) is 3.99. The fourth-order valence-corrected chi connectivity index (χ4v) is 2.38. The molecule has 0 aromatic heterocycles. The standard InChI is InChI=1S/C14H17N3/c1-3-4-5-11-8-12-13(16-11)6-7-17-9-10(2)15-14(12)17/h6-8H,3-5,9H2,1-2H3. The van der Waals surface area contributed by atoms with Crippen LogP contribution in [0.25, 0.3) is 11.3 Å². The number of aliphatic imine (C=N–C) groups is 1. The average Bonchev–Trinajstić information content (AvgIpc) is 2.87. The molecule has 0 bridgehead atoms. The van der Waals surface area contributed by atoms with Gasteiger partial charge in [-0.2, -0.15) is 0 Å². The van der Waals surface area contributed by atoms with Crippen molar-refractivity contribution in [2.75, 3.05) is 0 Å². The van der Waals surface area contributed by atoms with Gasteiger partial charge in [0.1, 0.15) is 5.82 Å². The molecular formula is C14H17N3. The van der Waals surface area contributed by atoms with E-state index in [0.29, 0.717) is 0 Å². The number of pyridine rings is 1. The van der Waals surface area contributed by atoms with E-state index in [4.69, 9.17) is 0 Å². The van der Waals surface area contributed by atoms with E-state index in [1.54, 1.807) is 0 Å². The zero-order valence-corrected chi connectivity index (χ0v) is 10.4. The van der Waals surface area contributed by atoms with Gasteiger partial charge in [-0.25, -0.2) is 4.99 Å². The molecule has 0 fully saturated rings. The topological polar surface area (TPSA) is 30.2 Å². The minimum Gasteiger partial charge on any atom is -0.327 e. The van der Waals surface area contributed by atoms with Crippen LogP contribution in [0.15, 0.2) is 23.3 Å². The monoisotopic (exact) mass is 227 g/mol. The highest BCUT2D eigenvalue weighted by Crippen LogP contribution is 2.35. The predicted molar refractivity (Wildman–Crippen MR) is 70.2 cm³/mol. The Kier molecular flexibility index (Phi) is 2.46. The second-order valence-corrected chi connectivity index (χ2v) is 4.76. The second-order valence-electron chi connectivity index (χ2n) is 4.76. The van der Waals surface area contributed by atoms with Crippen LogP contribution < -0.4 is 0 Å². The third-order valence-corrected chi connectivity index (χ3v) is 3.26. The molecule has 17 heavy (non-hydrogen) atoms. The van der Waals surface area contributed by atoms with E-state index in [1.165, 1.54) is 29.8 Å². The molecule has 3 aliphatic rings. The lowest BCUT2D eigenvalue weighted by Crippen LogP contribution is -1.99. The molecule has 0 atom stereocenters. The van der Waals surface area contributed by atoms with Gasteiger partial charge < -0.3 is 4.57 Å². The molecule has 88 valence electrons. The van der Waals surface area contributed by atoms with Crippen molar-refractivity contribution in [3.8, 4) is 11.3 Å². The van der Waals surface area contributed by atoms with E-state index in [9.17, 15) is 0 Å². The first-order valence-corrected chi connectivity index (χ1v) is 6.31. The van der Waals surface area contributed by atoms with Gasteiger partial charge in [-0.05, 0) is 31.9 Å². The molecule has 0 unspecified atom stereocenters. The van der Waals surface area contributed by atoms with E-state index >= 15 is 0 Å². The van der Waals surface area contributed by atoms with Crippen LogP contribution in [0.1, 0.15) is 32.4 Å². The largest absolute Gasteiger partial charge is 0.327 e. The number of fused-ring (bicyclic) bond motifs is 3. The molecule has 3 nitrogen and oxygen atoms in total. The molecule has 0 amide bonds. The third kappa shape index (κ3) is 1.75. The molecule has 0 N–H and O–H groups in total. The molecule has 3 rings (SSSR count). The molecule has 0 saturated carbocycles. The van der Waals surface area contributed by atoms with E-state index in [0.717, 1.165) is 24.5 Å². The van der Waals surface area contributed by atoms with Crippen LogP contribution in [-0.2, 0) is 13.0 Å². The van der Waals surface area contributed by atoms with Crippen LogP contribution in [0.2, 0.25) is 0 Å². The minimum atomic E-state index is 0.917. The number of unbranched alkanes of at least 4 members (excludes halogenated alkanes) is 1. The summed E-state index contributed by atoms with van der Waals surface area (Å²) in [5.41, 5.74) is 4.67. The van der Waals surface area contributed by atoms with Gasteiger partial charge in [0.2, 0.25) is 0 Å². The Balaban J connectivity index is 2.04. The molecule has 0 spiro atoms. The van der Waals surface area contributed by atoms with Gasteiger partial charge in [0.15, 0.2) is 0 Å². The fourth-order valence-electron chi connectivity index (χ4n) is 2.38. The molecule has 0 radical (unpaired) electrons. The summed E-state index contributed by atoms with van der Waals surface area (Å²) in [4.78, 5) is 9.28. The highest BCUT2D eigenvalue weighted by atomic mass is 15.1. The van der Waals surface area contributed by atoms with Crippen LogP contribution in [-0.4, -0.2) is 15.3 Å². The molecule has 0 saturated heterocycles. The Labute approximate surface area is 102 Å². The Bertz CT molecular complexity index is 551. The Morgan fingerprint density at radius 2 is 2.29 bits per heavy atom. The summed E-state index contributed by atoms with van der Waals surface area (Å²) < 4.78 is 2.20. The van der Waals surface area contributed by atoms with E-state index in [-0.39, 0.29) is 0 Å². The SMILES string of the molecule is CCCCc1cc2c3n(ccc-2n1)CC(C)=N3. The van der Waals surface area contributed by atoms with Crippen molar-refractivity contribution in [1.29, 1.82) is 0 Å². The van der Waals surface area contributed by atoms with Gasteiger partial charge in [0.05, 0.1) is 12.2 Å². The van der Waals surface area contributed by atoms with Gasteiger partial charge >= 0.3 is 0 Å².